The molecule has 4 saturated carbocycles. The largest absolute Gasteiger partial charge is 0.508 e. The van der Waals surface area contributed by atoms with Gasteiger partial charge < -0.3 is 24.8 Å². The molecule has 0 amide bonds. The summed E-state index contributed by atoms with van der Waals surface area (Å²) < 4.78 is 10.3. The Morgan fingerprint density at radius 1 is 1.19 bits per heavy atom. The summed E-state index contributed by atoms with van der Waals surface area (Å²) in [5.74, 6) is 1.33. The minimum absolute atomic E-state index is 0.193. The van der Waals surface area contributed by atoms with Gasteiger partial charge >= 0.3 is 6.16 Å². The summed E-state index contributed by atoms with van der Waals surface area (Å²) in [7, 11) is 0. The van der Waals surface area contributed by atoms with E-state index in [4.69, 9.17) is 9.47 Å². The Bertz CT molecular complexity index is 928. The van der Waals surface area contributed by atoms with Crippen LogP contribution in [0.4, 0.5) is 4.79 Å². The zero-order chi connectivity index (χ0) is 26.1. The minimum Gasteiger partial charge on any atom is -0.435 e. The maximum atomic E-state index is 11.8. The predicted octanol–water partition coefficient (Wildman–Crippen LogP) is 5.39. The van der Waals surface area contributed by atoms with Crippen molar-refractivity contribution in [3.8, 4) is 0 Å². The third-order valence-electron chi connectivity index (χ3n) is 9.36. The highest BCUT2D eigenvalue weighted by Crippen LogP contribution is 2.59. The SMILES string of the molecule is C=C1/C(=C\C=C2/CCC[C@]3(C)[C@@H]([C@H](C)/C=C/[C@@H](O)C4(OC(=O)OCC)CC4)CC[C@@H]23)C[C@@H](O)C[C@@H]1O. The zero-order valence-corrected chi connectivity index (χ0v) is 22.1. The molecule has 0 aromatic rings. The van der Waals surface area contributed by atoms with Gasteiger partial charge in [0.1, 0.15) is 11.7 Å². The molecule has 6 nitrogen and oxygen atoms in total. The Labute approximate surface area is 215 Å². The maximum Gasteiger partial charge on any atom is 0.508 e. The maximum absolute atomic E-state index is 11.8. The van der Waals surface area contributed by atoms with Crippen molar-refractivity contribution in [3.63, 3.8) is 0 Å². The van der Waals surface area contributed by atoms with Crippen LogP contribution in [0.1, 0.15) is 78.6 Å². The highest BCUT2D eigenvalue weighted by Gasteiger charge is 2.53. The Balaban J connectivity index is 1.43. The van der Waals surface area contributed by atoms with E-state index in [2.05, 4.69) is 38.7 Å². The van der Waals surface area contributed by atoms with E-state index in [0.717, 1.165) is 36.8 Å². The molecule has 7 atom stereocenters. The van der Waals surface area contributed by atoms with Crippen LogP contribution >= 0.6 is 0 Å². The van der Waals surface area contributed by atoms with Crippen molar-refractivity contribution in [1.82, 2.24) is 0 Å². The zero-order valence-electron chi connectivity index (χ0n) is 22.1. The van der Waals surface area contributed by atoms with E-state index < -0.39 is 30.1 Å². The molecule has 0 bridgehead atoms. The van der Waals surface area contributed by atoms with E-state index in [1.165, 1.54) is 12.0 Å². The van der Waals surface area contributed by atoms with Gasteiger partial charge in [0.2, 0.25) is 0 Å². The standard InChI is InChI=1S/C30H44O6/c1-5-35-28(34)36-30(15-16-30)27(33)13-8-19(2)24-11-12-25-21(7-6-14-29(24,25)4)9-10-22-17-23(31)18-26(32)20(22)3/h8-10,13,19,23-27,31-33H,3,5-7,11-12,14-18H2,1-2,4H3/b13-8+,21-9+,22-10-/t19-,23-,24-,25+,26+,27-,29-/m1/s1. The monoisotopic (exact) mass is 500 g/mol. The van der Waals surface area contributed by atoms with Crippen LogP contribution in [0.25, 0.3) is 0 Å². The number of ether oxygens (including phenoxy) is 2. The molecule has 4 rings (SSSR count). The van der Waals surface area contributed by atoms with E-state index >= 15 is 0 Å². The minimum atomic E-state index is -0.830. The first-order chi connectivity index (χ1) is 17.1. The molecule has 0 spiro atoms. The van der Waals surface area contributed by atoms with Crippen molar-refractivity contribution < 1.29 is 29.6 Å². The molecule has 200 valence electrons. The molecule has 0 unspecified atom stereocenters. The fourth-order valence-electron chi connectivity index (χ4n) is 7.09. The number of rotatable bonds is 7. The lowest BCUT2D eigenvalue weighted by atomic mass is 9.61. The van der Waals surface area contributed by atoms with E-state index in [1.807, 2.05) is 6.08 Å². The van der Waals surface area contributed by atoms with Gasteiger partial charge in [-0.3, -0.25) is 0 Å². The van der Waals surface area contributed by atoms with Gasteiger partial charge in [0, 0.05) is 6.42 Å². The molecule has 36 heavy (non-hydrogen) atoms. The van der Waals surface area contributed by atoms with Gasteiger partial charge in [-0.05, 0) is 92.6 Å². The number of aliphatic hydroxyl groups excluding tert-OH is 3. The first kappa shape index (κ1) is 27.2. The normalized spacial score (nSPS) is 37.7. The molecule has 3 N–H and O–H groups in total. The molecule has 0 saturated heterocycles. The van der Waals surface area contributed by atoms with E-state index in [9.17, 15) is 20.1 Å². The number of carbonyl (C=O) groups excluding carboxylic acids is 1. The number of allylic oxidation sites excluding steroid dienone is 4. The smallest absolute Gasteiger partial charge is 0.435 e. The third-order valence-corrected chi connectivity index (χ3v) is 9.36. The van der Waals surface area contributed by atoms with Crippen molar-refractivity contribution in [1.29, 1.82) is 0 Å². The molecule has 4 fully saturated rings. The molecule has 4 aliphatic carbocycles. The average Bonchev–Trinajstić information content (AvgIpc) is 3.51. The van der Waals surface area contributed by atoms with Gasteiger partial charge in [-0.2, -0.15) is 0 Å². The highest BCUT2D eigenvalue weighted by molar-refractivity contribution is 5.61. The summed E-state index contributed by atoms with van der Waals surface area (Å²) in [6.45, 7) is 10.7. The Morgan fingerprint density at radius 2 is 1.94 bits per heavy atom. The van der Waals surface area contributed by atoms with Crippen LogP contribution in [0.2, 0.25) is 0 Å². The highest BCUT2D eigenvalue weighted by atomic mass is 16.7. The lowest BCUT2D eigenvalue weighted by Crippen LogP contribution is -2.36. The van der Waals surface area contributed by atoms with Gasteiger partial charge in [0.15, 0.2) is 0 Å². The summed E-state index contributed by atoms with van der Waals surface area (Å²) in [6.07, 6.45) is 13.5. The molecule has 0 aliphatic heterocycles. The number of aliphatic hydroxyl groups is 3. The summed E-state index contributed by atoms with van der Waals surface area (Å²) in [5, 5.41) is 31.0. The second-order valence-corrected chi connectivity index (χ2v) is 11.7. The fraction of sp³-hybridized carbons (Fsp3) is 0.700. The molecule has 0 heterocycles. The molecule has 0 radical (unpaired) electrons. The Hall–Kier alpha value is -1.89. The summed E-state index contributed by atoms with van der Waals surface area (Å²) in [6, 6.07) is 0. The van der Waals surface area contributed by atoms with Crippen LogP contribution in [-0.2, 0) is 9.47 Å². The van der Waals surface area contributed by atoms with Crippen LogP contribution in [-0.4, -0.2) is 52.0 Å². The third kappa shape index (κ3) is 5.51. The Morgan fingerprint density at radius 3 is 2.64 bits per heavy atom. The molecule has 0 aromatic heterocycles. The van der Waals surface area contributed by atoms with Crippen LogP contribution in [0.15, 0.2) is 47.6 Å². The van der Waals surface area contributed by atoms with Crippen molar-refractivity contribution in [2.45, 2.75) is 102 Å². The molecule has 6 heteroatoms. The first-order valence-electron chi connectivity index (χ1n) is 13.8. The van der Waals surface area contributed by atoms with Crippen LogP contribution in [0.3, 0.4) is 0 Å². The van der Waals surface area contributed by atoms with Gasteiger partial charge in [-0.15, -0.1) is 0 Å². The van der Waals surface area contributed by atoms with Crippen molar-refractivity contribution in [2.75, 3.05) is 6.61 Å². The number of hydrogen-bond acceptors (Lipinski definition) is 6. The van der Waals surface area contributed by atoms with Crippen molar-refractivity contribution in [3.05, 3.63) is 47.6 Å². The van der Waals surface area contributed by atoms with E-state index in [-0.39, 0.29) is 12.0 Å². The number of carbonyl (C=O) groups is 1. The molecule has 0 aromatic carbocycles. The quantitative estimate of drug-likeness (QED) is 0.321. The van der Waals surface area contributed by atoms with Crippen LogP contribution < -0.4 is 0 Å². The summed E-state index contributed by atoms with van der Waals surface area (Å²) >= 11 is 0. The van der Waals surface area contributed by atoms with Crippen molar-refractivity contribution in [2.24, 2.45) is 23.2 Å². The fourth-order valence-corrected chi connectivity index (χ4v) is 7.09. The van der Waals surface area contributed by atoms with E-state index in [0.29, 0.717) is 43.4 Å². The van der Waals surface area contributed by atoms with Crippen LogP contribution in [0, 0.1) is 23.2 Å². The first-order valence-corrected chi connectivity index (χ1v) is 13.8. The van der Waals surface area contributed by atoms with Gasteiger partial charge in [0.05, 0.1) is 18.8 Å². The number of fused-ring (bicyclic) bond motifs is 1. The molecular formula is C30H44O6. The second kappa shape index (κ2) is 10.8. The van der Waals surface area contributed by atoms with Gasteiger partial charge in [0.25, 0.3) is 0 Å². The van der Waals surface area contributed by atoms with Crippen molar-refractivity contribution >= 4 is 6.16 Å². The average molecular weight is 501 g/mol. The number of hydrogen-bond donors (Lipinski definition) is 3. The summed E-state index contributed by atoms with van der Waals surface area (Å²) in [5.41, 5.74) is 2.52. The van der Waals surface area contributed by atoms with Crippen LogP contribution in [0.5, 0.6) is 0 Å². The van der Waals surface area contributed by atoms with E-state index in [1.54, 1.807) is 6.92 Å². The van der Waals surface area contributed by atoms with Gasteiger partial charge in [-0.25, -0.2) is 4.79 Å². The topological polar surface area (TPSA) is 96.2 Å². The van der Waals surface area contributed by atoms with Gasteiger partial charge in [-0.1, -0.05) is 50.3 Å². The second-order valence-electron chi connectivity index (χ2n) is 11.7. The summed E-state index contributed by atoms with van der Waals surface area (Å²) in [4.78, 5) is 11.8. The lowest BCUT2D eigenvalue weighted by Gasteiger charge is -2.44. The molecule has 4 aliphatic rings. The predicted molar refractivity (Wildman–Crippen MR) is 139 cm³/mol. The lowest BCUT2D eigenvalue weighted by molar-refractivity contribution is -0.0301. The molecular weight excluding hydrogens is 456 g/mol. The Kier molecular flexibility index (Phi) is 8.18.